The molecule has 1 N–H and O–H groups in total. The number of halogens is 1. The Hall–Kier alpha value is -0.280. The first-order valence-corrected chi connectivity index (χ1v) is 3.72. The molecule has 0 aliphatic carbocycles. The van der Waals surface area contributed by atoms with Crippen LogP contribution < -0.4 is 5.32 Å². The van der Waals surface area contributed by atoms with Crippen molar-refractivity contribution in [1.82, 2.24) is 5.32 Å². The second-order valence-electron chi connectivity index (χ2n) is 2.34. The summed E-state index contributed by atoms with van der Waals surface area (Å²) in [6.07, 6.45) is 2.23. The molecule has 1 fully saturated rings. The van der Waals surface area contributed by atoms with E-state index in [-0.39, 0.29) is 0 Å². The van der Waals surface area contributed by atoms with Crippen LogP contribution in [0.15, 0.2) is 0 Å². The quantitative estimate of drug-likeness (QED) is 0.620. The van der Waals surface area contributed by atoms with Gasteiger partial charge >= 0.3 is 5.43 Å². The summed E-state index contributed by atoms with van der Waals surface area (Å²) in [5, 5.41) is 3.18. The largest absolute Gasteiger partial charge is 0.452 e. The van der Waals surface area contributed by atoms with E-state index in [1.807, 2.05) is 0 Å². The summed E-state index contributed by atoms with van der Waals surface area (Å²) in [5.41, 5.74) is -0.714. The van der Waals surface area contributed by atoms with Gasteiger partial charge < -0.3 is 10.1 Å². The van der Waals surface area contributed by atoms with Gasteiger partial charge in [-0.25, -0.2) is 4.79 Å². The van der Waals surface area contributed by atoms with Crippen molar-refractivity contribution in [2.45, 2.75) is 18.9 Å². The smallest absolute Gasteiger partial charge is 0.403 e. The summed E-state index contributed by atoms with van der Waals surface area (Å²) in [6.45, 7) is 1.42. The Kier molecular flexibility index (Phi) is 2.96. The van der Waals surface area contributed by atoms with Crippen LogP contribution in [0.3, 0.4) is 0 Å². The van der Waals surface area contributed by atoms with Crippen molar-refractivity contribution in [2.24, 2.45) is 0 Å². The summed E-state index contributed by atoms with van der Waals surface area (Å²) >= 11 is 4.97. The van der Waals surface area contributed by atoms with Gasteiger partial charge in [0.1, 0.15) is 6.61 Å². The van der Waals surface area contributed by atoms with E-state index in [1.165, 1.54) is 0 Å². The molecule has 3 nitrogen and oxygen atoms in total. The lowest BCUT2D eigenvalue weighted by atomic mass is 10.2. The van der Waals surface area contributed by atoms with Crippen molar-refractivity contribution >= 4 is 17.0 Å². The average Bonchev–Trinajstić information content (AvgIpc) is 2.34. The minimum Gasteiger partial charge on any atom is -0.452 e. The molecular formula is C6H10ClNO2. The van der Waals surface area contributed by atoms with E-state index in [0.717, 1.165) is 19.4 Å². The van der Waals surface area contributed by atoms with Crippen LogP contribution in [0.2, 0.25) is 0 Å². The summed E-state index contributed by atoms with van der Waals surface area (Å²) in [7, 11) is 0. The van der Waals surface area contributed by atoms with Gasteiger partial charge in [-0.1, -0.05) is 0 Å². The van der Waals surface area contributed by atoms with Crippen LogP contribution in [0.25, 0.3) is 0 Å². The van der Waals surface area contributed by atoms with Gasteiger partial charge in [0.05, 0.1) is 0 Å². The van der Waals surface area contributed by atoms with Gasteiger partial charge in [-0.15, -0.1) is 0 Å². The number of ether oxygens (including phenoxy) is 1. The maximum Gasteiger partial charge on any atom is 0.403 e. The maximum absolute atomic E-state index is 10.1. The third-order valence-electron chi connectivity index (χ3n) is 1.56. The van der Waals surface area contributed by atoms with E-state index in [2.05, 4.69) is 10.1 Å². The fourth-order valence-corrected chi connectivity index (χ4v) is 1.13. The Morgan fingerprint density at radius 1 is 1.80 bits per heavy atom. The molecule has 0 spiro atoms. The maximum atomic E-state index is 10.1. The number of nitrogens with one attached hydrogen (secondary N) is 1. The highest BCUT2D eigenvalue weighted by Gasteiger charge is 2.14. The molecule has 1 aliphatic rings. The van der Waals surface area contributed by atoms with E-state index in [9.17, 15) is 4.79 Å². The number of carbonyl (C=O) groups is 1. The second kappa shape index (κ2) is 3.78. The molecule has 4 heteroatoms. The topological polar surface area (TPSA) is 38.3 Å². The van der Waals surface area contributed by atoms with Crippen molar-refractivity contribution in [3.05, 3.63) is 0 Å². The van der Waals surface area contributed by atoms with E-state index < -0.39 is 5.43 Å². The minimum atomic E-state index is -0.714. The molecule has 1 heterocycles. The Morgan fingerprint density at radius 3 is 3.10 bits per heavy atom. The van der Waals surface area contributed by atoms with Gasteiger partial charge in [-0.2, -0.15) is 0 Å². The molecule has 0 amide bonds. The van der Waals surface area contributed by atoms with Crippen LogP contribution in [-0.4, -0.2) is 24.6 Å². The van der Waals surface area contributed by atoms with Crippen LogP contribution >= 0.6 is 11.6 Å². The fourth-order valence-electron chi connectivity index (χ4n) is 1.07. The lowest BCUT2D eigenvalue weighted by molar-refractivity contribution is 0.162. The van der Waals surface area contributed by atoms with Crippen LogP contribution in [0, 0.1) is 0 Å². The van der Waals surface area contributed by atoms with Crippen molar-refractivity contribution < 1.29 is 9.53 Å². The second-order valence-corrected chi connectivity index (χ2v) is 2.65. The van der Waals surface area contributed by atoms with Gasteiger partial charge in [0.2, 0.25) is 0 Å². The molecule has 0 aromatic carbocycles. The van der Waals surface area contributed by atoms with Crippen molar-refractivity contribution in [2.75, 3.05) is 13.2 Å². The number of rotatable bonds is 2. The van der Waals surface area contributed by atoms with E-state index in [1.54, 1.807) is 0 Å². The molecule has 1 aliphatic heterocycles. The molecule has 1 saturated heterocycles. The molecule has 0 saturated carbocycles. The first kappa shape index (κ1) is 7.82. The molecule has 58 valence electrons. The molecule has 0 radical (unpaired) electrons. The lowest BCUT2D eigenvalue weighted by Gasteiger charge is -2.07. The average molecular weight is 164 g/mol. The number of hydrogen-bond donors (Lipinski definition) is 1. The van der Waals surface area contributed by atoms with E-state index in [0.29, 0.717) is 12.6 Å². The predicted octanol–water partition coefficient (Wildman–Crippen LogP) is 1.11. The Bertz CT molecular complexity index is 123. The third kappa shape index (κ3) is 2.54. The SMILES string of the molecule is O=C(Cl)OCC1CCCN1. The van der Waals surface area contributed by atoms with Crippen molar-refractivity contribution in [3.63, 3.8) is 0 Å². The van der Waals surface area contributed by atoms with Crippen LogP contribution in [0.4, 0.5) is 4.79 Å². The van der Waals surface area contributed by atoms with Gasteiger partial charge in [-0.05, 0) is 19.4 Å². The van der Waals surface area contributed by atoms with Crippen molar-refractivity contribution in [1.29, 1.82) is 0 Å². The normalized spacial score (nSPS) is 24.7. The van der Waals surface area contributed by atoms with Crippen LogP contribution in [-0.2, 0) is 4.74 Å². The van der Waals surface area contributed by atoms with Gasteiger partial charge in [-0.3, -0.25) is 0 Å². The zero-order valence-electron chi connectivity index (χ0n) is 5.60. The highest BCUT2D eigenvalue weighted by atomic mass is 35.5. The number of hydrogen-bond acceptors (Lipinski definition) is 3. The first-order chi connectivity index (χ1) is 4.79. The first-order valence-electron chi connectivity index (χ1n) is 3.34. The van der Waals surface area contributed by atoms with E-state index >= 15 is 0 Å². The summed E-state index contributed by atoms with van der Waals surface area (Å²) < 4.78 is 4.59. The highest BCUT2D eigenvalue weighted by Crippen LogP contribution is 2.05. The van der Waals surface area contributed by atoms with Crippen LogP contribution in [0.1, 0.15) is 12.8 Å². The molecular weight excluding hydrogens is 154 g/mol. The molecule has 0 aromatic rings. The number of carbonyl (C=O) groups excluding carboxylic acids is 1. The molecule has 0 aromatic heterocycles. The Morgan fingerprint density at radius 2 is 2.60 bits per heavy atom. The van der Waals surface area contributed by atoms with Gasteiger partial charge in [0.25, 0.3) is 0 Å². The standard InChI is InChI=1S/C6H10ClNO2/c7-6(9)10-4-5-2-1-3-8-5/h5,8H,1-4H2. The Labute approximate surface area is 64.7 Å². The Balaban J connectivity index is 2.07. The van der Waals surface area contributed by atoms with Crippen LogP contribution in [0.5, 0.6) is 0 Å². The molecule has 0 bridgehead atoms. The molecule has 1 unspecified atom stereocenters. The summed E-state index contributed by atoms with van der Waals surface area (Å²) in [5.74, 6) is 0. The molecule has 1 atom stereocenters. The highest BCUT2D eigenvalue weighted by molar-refractivity contribution is 6.61. The molecule has 10 heavy (non-hydrogen) atoms. The lowest BCUT2D eigenvalue weighted by Crippen LogP contribution is -2.27. The van der Waals surface area contributed by atoms with Gasteiger partial charge in [0, 0.05) is 17.6 Å². The molecule has 1 rings (SSSR count). The zero-order chi connectivity index (χ0) is 7.40. The summed E-state index contributed by atoms with van der Waals surface area (Å²) in [6, 6.07) is 0.322. The summed E-state index contributed by atoms with van der Waals surface area (Å²) in [4.78, 5) is 10.1. The fraction of sp³-hybridized carbons (Fsp3) is 0.833. The minimum absolute atomic E-state index is 0.322. The van der Waals surface area contributed by atoms with E-state index in [4.69, 9.17) is 11.6 Å². The van der Waals surface area contributed by atoms with Gasteiger partial charge in [0.15, 0.2) is 0 Å². The zero-order valence-corrected chi connectivity index (χ0v) is 6.36. The third-order valence-corrected chi connectivity index (χ3v) is 1.67. The monoisotopic (exact) mass is 163 g/mol. The van der Waals surface area contributed by atoms with Crippen molar-refractivity contribution in [3.8, 4) is 0 Å². The predicted molar refractivity (Wildman–Crippen MR) is 38.2 cm³/mol.